The van der Waals surface area contributed by atoms with Crippen molar-refractivity contribution >= 4 is 5.84 Å². The van der Waals surface area contributed by atoms with E-state index in [1.54, 1.807) is 6.07 Å². The summed E-state index contributed by atoms with van der Waals surface area (Å²) in [6.45, 7) is 0. The molecule has 10 heavy (non-hydrogen) atoms. The lowest BCUT2D eigenvalue weighted by Crippen LogP contribution is -2.27. The fraction of sp³-hybridized carbons (Fsp3) is 0.500. The minimum atomic E-state index is -0.683. The monoisotopic (exact) mass is 140 g/mol. The zero-order chi connectivity index (χ0) is 7.98. The van der Waals surface area contributed by atoms with Crippen molar-refractivity contribution in [1.82, 2.24) is 0 Å². The molecule has 0 aromatic rings. The number of nitrogens with zero attached hydrogens (tertiary/aromatic N) is 3. The SMILES string of the molecule is N#CC[C@H](N)C(=N)N=NN. The lowest BCUT2D eigenvalue weighted by molar-refractivity contribution is 0.853. The van der Waals surface area contributed by atoms with Crippen LogP contribution in [0.3, 0.4) is 0 Å². The van der Waals surface area contributed by atoms with Crippen LogP contribution in [0.15, 0.2) is 10.3 Å². The quantitative estimate of drug-likeness (QED) is 0.158. The minimum absolute atomic E-state index is 0.0534. The summed E-state index contributed by atoms with van der Waals surface area (Å²) in [5, 5.41) is 21.1. The van der Waals surface area contributed by atoms with Gasteiger partial charge < -0.3 is 11.6 Å². The Labute approximate surface area is 58.0 Å². The van der Waals surface area contributed by atoms with Crippen LogP contribution in [-0.4, -0.2) is 11.9 Å². The molecule has 0 spiro atoms. The summed E-state index contributed by atoms with van der Waals surface area (Å²) < 4.78 is 0. The molecular formula is C4H8N6. The molecule has 6 nitrogen and oxygen atoms in total. The topological polar surface area (TPSA) is 124 Å². The number of nitriles is 1. The average molecular weight is 140 g/mol. The third kappa shape index (κ3) is 2.74. The second-order valence-corrected chi connectivity index (χ2v) is 1.57. The maximum atomic E-state index is 8.12. The largest absolute Gasteiger partial charge is 0.320 e. The van der Waals surface area contributed by atoms with Crippen molar-refractivity contribution in [1.29, 1.82) is 10.7 Å². The molecule has 0 amide bonds. The molecule has 1 atom stereocenters. The van der Waals surface area contributed by atoms with Crippen molar-refractivity contribution in [3.63, 3.8) is 0 Å². The average Bonchev–Trinajstić information content (AvgIpc) is 1.89. The van der Waals surface area contributed by atoms with Crippen molar-refractivity contribution in [2.24, 2.45) is 21.9 Å². The van der Waals surface area contributed by atoms with E-state index in [1.807, 2.05) is 0 Å². The molecule has 6 heteroatoms. The van der Waals surface area contributed by atoms with Crippen LogP contribution in [0.1, 0.15) is 6.42 Å². The minimum Gasteiger partial charge on any atom is -0.320 e. The fourth-order valence-corrected chi connectivity index (χ4v) is 0.331. The van der Waals surface area contributed by atoms with Gasteiger partial charge in [0.2, 0.25) is 0 Å². The normalized spacial score (nSPS) is 12.8. The Bertz CT molecular complexity index is 177. The van der Waals surface area contributed by atoms with E-state index in [9.17, 15) is 0 Å². The van der Waals surface area contributed by atoms with Crippen LogP contribution >= 0.6 is 0 Å². The van der Waals surface area contributed by atoms with Gasteiger partial charge in [-0.1, -0.05) is 5.22 Å². The van der Waals surface area contributed by atoms with Crippen molar-refractivity contribution in [3.8, 4) is 6.07 Å². The molecule has 54 valence electrons. The van der Waals surface area contributed by atoms with Crippen LogP contribution in [0, 0.1) is 16.7 Å². The third-order valence-electron chi connectivity index (χ3n) is 0.828. The van der Waals surface area contributed by atoms with E-state index in [4.69, 9.17) is 16.4 Å². The van der Waals surface area contributed by atoms with Crippen molar-refractivity contribution in [2.45, 2.75) is 12.5 Å². The van der Waals surface area contributed by atoms with Crippen LogP contribution in [0.2, 0.25) is 0 Å². The predicted octanol–water partition coefficient (Wildman–Crippen LogP) is -0.469. The molecule has 0 bridgehead atoms. The Morgan fingerprint density at radius 1 is 1.80 bits per heavy atom. The summed E-state index contributed by atoms with van der Waals surface area (Å²) >= 11 is 0. The van der Waals surface area contributed by atoms with Gasteiger partial charge in [-0.25, -0.2) is 0 Å². The van der Waals surface area contributed by atoms with E-state index in [1.165, 1.54) is 0 Å². The molecule has 0 aliphatic carbocycles. The van der Waals surface area contributed by atoms with E-state index in [0.29, 0.717) is 0 Å². The molecule has 0 aliphatic rings. The van der Waals surface area contributed by atoms with E-state index in [2.05, 4.69) is 16.2 Å². The van der Waals surface area contributed by atoms with Crippen LogP contribution in [0.4, 0.5) is 0 Å². The molecule has 0 unspecified atom stereocenters. The van der Waals surface area contributed by atoms with Gasteiger partial charge in [-0.15, -0.1) is 5.11 Å². The smallest absolute Gasteiger partial charge is 0.163 e. The zero-order valence-corrected chi connectivity index (χ0v) is 5.28. The van der Waals surface area contributed by atoms with E-state index >= 15 is 0 Å². The molecule has 0 aliphatic heterocycles. The Kier molecular flexibility index (Phi) is 3.75. The highest BCUT2D eigenvalue weighted by Gasteiger charge is 2.06. The molecule has 0 fully saturated rings. The Morgan fingerprint density at radius 3 is 2.80 bits per heavy atom. The summed E-state index contributed by atoms with van der Waals surface area (Å²) in [4.78, 5) is 0. The standard InChI is InChI=1S/C4H8N6/c5-2-1-3(6)4(7)9-10-8/h3H,1,6H2,(H3,7,8,9)/t3-/m0/s1. The highest BCUT2D eigenvalue weighted by molar-refractivity contribution is 5.84. The van der Waals surface area contributed by atoms with Gasteiger partial charge in [0.25, 0.3) is 0 Å². The first kappa shape index (κ1) is 8.52. The van der Waals surface area contributed by atoms with Gasteiger partial charge in [0, 0.05) is 0 Å². The maximum absolute atomic E-state index is 8.12. The molecule has 0 radical (unpaired) electrons. The third-order valence-corrected chi connectivity index (χ3v) is 0.828. The predicted molar refractivity (Wildman–Crippen MR) is 35.0 cm³/mol. The molecule has 0 saturated heterocycles. The Balaban J connectivity index is 3.85. The molecule has 0 aromatic heterocycles. The number of amidine groups is 1. The maximum Gasteiger partial charge on any atom is 0.163 e. The lowest BCUT2D eigenvalue weighted by Gasteiger charge is -2.00. The van der Waals surface area contributed by atoms with Crippen LogP contribution < -0.4 is 11.6 Å². The summed E-state index contributed by atoms with van der Waals surface area (Å²) in [7, 11) is 0. The number of hydrogen-bond acceptors (Lipinski definition) is 4. The number of hydrogen-bond donors (Lipinski definition) is 3. The molecular weight excluding hydrogens is 132 g/mol. The van der Waals surface area contributed by atoms with Gasteiger partial charge >= 0.3 is 0 Å². The number of nitrogens with one attached hydrogen (secondary N) is 1. The first-order chi connectivity index (χ1) is 4.72. The van der Waals surface area contributed by atoms with Gasteiger partial charge in [0.15, 0.2) is 5.84 Å². The fourth-order valence-electron chi connectivity index (χ4n) is 0.331. The summed E-state index contributed by atoms with van der Waals surface area (Å²) in [6.07, 6.45) is 0.0534. The van der Waals surface area contributed by atoms with E-state index in [-0.39, 0.29) is 12.3 Å². The lowest BCUT2D eigenvalue weighted by atomic mass is 10.2. The van der Waals surface area contributed by atoms with Crippen molar-refractivity contribution < 1.29 is 0 Å². The van der Waals surface area contributed by atoms with Crippen LogP contribution in [0.5, 0.6) is 0 Å². The van der Waals surface area contributed by atoms with Gasteiger partial charge in [0.1, 0.15) is 0 Å². The summed E-state index contributed by atoms with van der Waals surface area (Å²) in [5.41, 5.74) is 5.26. The van der Waals surface area contributed by atoms with Crippen LogP contribution in [0.25, 0.3) is 0 Å². The molecule has 5 N–H and O–H groups in total. The molecule has 0 heterocycles. The van der Waals surface area contributed by atoms with E-state index < -0.39 is 6.04 Å². The Morgan fingerprint density at radius 2 is 2.40 bits per heavy atom. The Hall–Kier alpha value is -1.48. The molecule has 0 aromatic carbocycles. The second kappa shape index (κ2) is 4.40. The van der Waals surface area contributed by atoms with Crippen molar-refractivity contribution in [2.75, 3.05) is 0 Å². The summed E-state index contributed by atoms with van der Waals surface area (Å²) in [5.74, 6) is 4.47. The van der Waals surface area contributed by atoms with Gasteiger partial charge in [0.05, 0.1) is 18.5 Å². The number of rotatable bonds is 2. The van der Waals surface area contributed by atoms with Crippen molar-refractivity contribution in [3.05, 3.63) is 0 Å². The molecule has 0 rings (SSSR count). The molecule has 0 saturated carbocycles. The first-order valence-electron chi connectivity index (χ1n) is 2.54. The van der Waals surface area contributed by atoms with Gasteiger partial charge in [-0.2, -0.15) is 5.26 Å². The summed E-state index contributed by atoms with van der Waals surface area (Å²) in [6, 6.07) is 1.12. The second-order valence-electron chi connectivity index (χ2n) is 1.57. The number of nitrogens with two attached hydrogens (primary N) is 2. The first-order valence-corrected chi connectivity index (χ1v) is 2.54. The van der Waals surface area contributed by atoms with Gasteiger partial charge in [-0.3, -0.25) is 5.41 Å². The van der Waals surface area contributed by atoms with Gasteiger partial charge in [-0.05, 0) is 0 Å². The highest BCUT2D eigenvalue weighted by atomic mass is 15.3. The zero-order valence-electron chi connectivity index (χ0n) is 5.28. The van der Waals surface area contributed by atoms with Crippen LogP contribution in [-0.2, 0) is 0 Å². The van der Waals surface area contributed by atoms with E-state index in [0.717, 1.165) is 0 Å². The highest BCUT2D eigenvalue weighted by Crippen LogP contribution is 1.89.